The molecule has 21 heavy (non-hydrogen) atoms. The van der Waals surface area contributed by atoms with E-state index in [1.54, 1.807) is 30.3 Å². The summed E-state index contributed by atoms with van der Waals surface area (Å²) in [6, 6.07) is 11.0. The van der Waals surface area contributed by atoms with Crippen molar-refractivity contribution < 1.29 is 13.6 Å². The van der Waals surface area contributed by atoms with Crippen molar-refractivity contribution in [1.29, 1.82) is 0 Å². The maximum absolute atomic E-state index is 13.6. The molecule has 106 valence electrons. The zero-order valence-corrected chi connectivity index (χ0v) is 11.4. The molecule has 1 amide bonds. The highest BCUT2D eigenvalue weighted by atomic mass is 19.1. The molecule has 1 aromatic heterocycles. The van der Waals surface area contributed by atoms with Crippen LogP contribution < -0.4 is 5.32 Å². The summed E-state index contributed by atoms with van der Waals surface area (Å²) >= 11 is 0. The van der Waals surface area contributed by atoms with Gasteiger partial charge in [-0.25, -0.2) is 9.37 Å². The second-order valence-electron chi connectivity index (χ2n) is 4.58. The number of nitrogens with one attached hydrogen (secondary N) is 1. The Morgan fingerprint density at radius 3 is 2.86 bits per heavy atom. The van der Waals surface area contributed by atoms with Crippen LogP contribution >= 0.6 is 0 Å². The number of aromatic nitrogens is 1. The number of carbonyl (C=O) groups is 1. The summed E-state index contributed by atoms with van der Waals surface area (Å²) in [6.07, 6.45) is 0.700. The lowest BCUT2D eigenvalue weighted by Gasteiger charge is -2.05. The summed E-state index contributed by atoms with van der Waals surface area (Å²) in [7, 11) is 0. The number of oxazole rings is 1. The molecule has 4 nitrogen and oxygen atoms in total. The number of carbonyl (C=O) groups excluding carboxylic acids is 1. The first-order chi connectivity index (χ1) is 10.2. The molecule has 5 heteroatoms. The Balaban J connectivity index is 1.87. The molecule has 1 heterocycles. The van der Waals surface area contributed by atoms with Crippen molar-refractivity contribution in [3.8, 4) is 0 Å². The highest BCUT2D eigenvalue weighted by Crippen LogP contribution is 2.21. The number of nitrogens with zero attached hydrogens (tertiary/aromatic N) is 1. The number of halogens is 1. The molecule has 0 aliphatic carbocycles. The smallest absolute Gasteiger partial charge is 0.258 e. The summed E-state index contributed by atoms with van der Waals surface area (Å²) in [4.78, 5) is 16.3. The van der Waals surface area contributed by atoms with E-state index in [-0.39, 0.29) is 5.56 Å². The van der Waals surface area contributed by atoms with E-state index in [0.717, 1.165) is 0 Å². The number of benzene rings is 2. The molecule has 0 fully saturated rings. The summed E-state index contributed by atoms with van der Waals surface area (Å²) in [5.41, 5.74) is 1.88. The Bertz CT molecular complexity index is 811. The minimum Gasteiger partial charge on any atom is -0.441 e. The predicted octanol–water partition coefficient (Wildman–Crippen LogP) is 3.78. The van der Waals surface area contributed by atoms with Gasteiger partial charge in [-0.1, -0.05) is 19.1 Å². The summed E-state index contributed by atoms with van der Waals surface area (Å²) in [6.45, 7) is 1.95. The van der Waals surface area contributed by atoms with E-state index < -0.39 is 11.7 Å². The van der Waals surface area contributed by atoms with Gasteiger partial charge in [0.15, 0.2) is 11.5 Å². The number of anilines is 1. The van der Waals surface area contributed by atoms with Crippen molar-refractivity contribution in [2.45, 2.75) is 13.3 Å². The number of fused-ring (bicyclic) bond motifs is 1. The highest BCUT2D eigenvalue weighted by Gasteiger charge is 2.12. The summed E-state index contributed by atoms with van der Waals surface area (Å²) in [5, 5.41) is 2.66. The zero-order chi connectivity index (χ0) is 14.8. The van der Waals surface area contributed by atoms with Gasteiger partial charge in [0.05, 0.1) is 5.56 Å². The zero-order valence-electron chi connectivity index (χ0n) is 11.4. The largest absolute Gasteiger partial charge is 0.441 e. The fourth-order valence-electron chi connectivity index (χ4n) is 2.05. The molecule has 0 radical (unpaired) electrons. The van der Waals surface area contributed by atoms with Gasteiger partial charge in [0.25, 0.3) is 5.91 Å². The summed E-state index contributed by atoms with van der Waals surface area (Å²) < 4.78 is 19.1. The van der Waals surface area contributed by atoms with Gasteiger partial charge >= 0.3 is 0 Å². The van der Waals surface area contributed by atoms with Gasteiger partial charge in [-0.05, 0) is 30.3 Å². The maximum atomic E-state index is 13.6. The normalized spacial score (nSPS) is 10.8. The lowest BCUT2D eigenvalue weighted by atomic mass is 10.2. The molecule has 0 bridgehead atoms. The third kappa shape index (κ3) is 2.63. The Labute approximate surface area is 120 Å². The molecule has 0 atom stereocenters. The molecule has 0 spiro atoms. The van der Waals surface area contributed by atoms with Gasteiger partial charge in [-0.3, -0.25) is 4.79 Å². The van der Waals surface area contributed by atoms with Crippen LogP contribution in [0.2, 0.25) is 0 Å². The molecule has 1 N–H and O–H groups in total. The maximum Gasteiger partial charge on any atom is 0.258 e. The average Bonchev–Trinajstić information content (AvgIpc) is 2.90. The van der Waals surface area contributed by atoms with Gasteiger partial charge in [0, 0.05) is 12.1 Å². The average molecular weight is 284 g/mol. The van der Waals surface area contributed by atoms with Crippen LogP contribution in [0.25, 0.3) is 11.1 Å². The third-order valence-electron chi connectivity index (χ3n) is 3.11. The van der Waals surface area contributed by atoms with Crippen molar-refractivity contribution in [1.82, 2.24) is 4.98 Å². The van der Waals surface area contributed by atoms with Gasteiger partial charge < -0.3 is 9.73 Å². The minimum atomic E-state index is -0.550. The Hall–Kier alpha value is -2.69. The third-order valence-corrected chi connectivity index (χ3v) is 3.11. The van der Waals surface area contributed by atoms with Crippen molar-refractivity contribution in [2.24, 2.45) is 0 Å². The predicted molar refractivity (Wildman–Crippen MR) is 77.7 cm³/mol. The van der Waals surface area contributed by atoms with E-state index in [1.807, 2.05) is 6.92 Å². The van der Waals surface area contributed by atoms with Crippen LogP contribution in [0.5, 0.6) is 0 Å². The van der Waals surface area contributed by atoms with E-state index >= 15 is 0 Å². The molecule has 0 saturated carbocycles. The fourth-order valence-corrected chi connectivity index (χ4v) is 2.05. The SMILES string of the molecule is CCc1nc2cc(NC(=O)c3ccccc3F)ccc2o1. The molecular weight excluding hydrogens is 271 g/mol. The van der Waals surface area contributed by atoms with Gasteiger partial charge in [-0.15, -0.1) is 0 Å². The van der Waals surface area contributed by atoms with Crippen molar-refractivity contribution >= 4 is 22.7 Å². The fraction of sp³-hybridized carbons (Fsp3) is 0.125. The van der Waals surface area contributed by atoms with Crippen LogP contribution in [0.1, 0.15) is 23.2 Å². The van der Waals surface area contributed by atoms with Crippen LogP contribution in [0.15, 0.2) is 46.9 Å². The number of amides is 1. The van der Waals surface area contributed by atoms with Crippen LogP contribution in [0.3, 0.4) is 0 Å². The van der Waals surface area contributed by atoms with Crippen LogP contribution in [0.4, 0.5) is 10.1 Å². The first-order valence-corrected chi connectivity index (χ1v) is 6.62. The molecule has 3 aromatic rings. The second kappa shape index (κ2) is 5.36. The molecule has 0 saturated heterocycles. The monoisotopic (exact) mass is 284 g/mol. The van der Waals surface area contributed by atoms with Crippen LogP contribution in [0, 0.1) is 5.82 Å². The van der Waals surface area contributed by atoms with Crippen LogP contribution in [-0.4, -0.2) is 10.9 Å². The standard InChI is InChI=1S/C16H13FN2O2/c1-2-15-19-13-9-10(7-8-14(13)21-15)18-16(20)11-5-3-4-6-12(11)17/h3-9H,2H2,1H3,(H,18,20). The van der Waals surface area contributed by atoms with Gasteiger partial charge in [-0.2, -0.15) is 0 Å². The first kappa shape index (κ1) is 13.3. The Kier molecular flexibility index (Phi) is 3.39. The molecule has 0 aliphatic heterocycles. The topological polar surface area (TPSA) is 55.1 Å². The van der Waals surface area contributed by atoms with Crippen molar-refractivity contribution in [3.63, 3.8) is 0 Å². The van der Waals surface area contributed by atoms with E-state index in [4.69, 9.17) is 4.42 Å². The second-order valence-corrected chi connectivity index (χ2v) is 4.58. The molecule has 2 aromatic carbocycles. The highest BCUT2D eigenvalue weighted by molar-refractivity contribution is 6.05. The number of hydrogen-bond donors (Lipinski definition) is 1. The van der Waals surface area contributed by atoms with E-state index in [9.17, 15) is 9.18 Å². The molecular formula is C16H13FN2O2. The van der Waals surface area contributed by atoms with Crippen LogP contribution in [-0.2, 0) is 6.42 Å². The molecule has 0 aliphatic rings. The Morgan fingerprint density at radius 1 is 1.29 bits per heavy atom. The minimum absolute atomic E-state index is 0.00648. The lowest BCUT2D eigenvalue weighted by molar-refractivity contribution is 0.102. The van der Waals surface area contributed by atoms with E-state index in [2.05, 4.69) is 10.3 Å². The van der Waals surface area contributed by atoms with Gasteiger partial charge in [0.2, 0.25) is 0 Å². The lowest BCUT2D eigenvalue weighted by Crippen LogP contribution is -2.13. The Morgan fingerprint density at radius 2 is 2.10 bits per heavy atom. The van der Waals surface area contributed by atoms with Crippen molar-refractivity contribution in [3.05, 3.63) is 59.7 Å². The number of hydrogen-bond acceptors (Lipinski definition) is 3. The van der Waals surface area contributed by atoms with E-state index in [1.165, 1.54) is 12.1 Å². The van der Waals surface area contributed by atoms with Crippen molar-refractivity contribution in [2.75, 3.05) is 5.32 Å². The number of aryl methyl sites for hydroxylation is 1. The quantitative estimate of drug-likeness (QED) is 0.796. The van der Waals surface area contributed by atoms with E-state index in [0.29, 0.717) is 29.1 Å². The molecule has 0 unspecified atom stereocenters. The first-order valence-electron chi connectivity index (χ1n) is 6.62. The molecule has 3 rings (SSSR count). The number of rotatable bonds is 3. The van der Waals surface area contributed by atoms with Gasteiger partial charge in [0.1, 0.15) is 11.3 Å². The summed E-state index contributed by atoms with van der Waals surface area (Å²) in [5.74, 6) is -0.403.